The van der Waals surface area contributed by atoms with Gasteiger partial charge in [0.2, 0.25) is 0 Å². The molecule has 15 rings (SSSR count). The van der Waals surface area contributed by atoms with Crippen molar-refractivity contribution < 1.29 is 17.8 Å². The van der Waals surface area contributed by atoms with Gasteiger partial charge in [0, 0.05) is 54.1 Å². The first-order valence-corrected chi connectivity index (χ1v) is 29.5. The molecule has 8 heteroatoms. The molecular formula is C73H48F2N2O2P2. The Labute approximate surface area is 470 Å². The van der Waals surface area contributed by atoms with E-state index in [0.29, 0.717) is 0 Å². The van der Waals surface area contributed by atoms with Crippen LogP contribution >= 0.6 is 16.3 Å². The molecule has 0 unspecified atom stereocenters. The van der Waals surface area contributed by atoms with Gasteiger partial charge in [-0.2, -0.15) is 0 Å². The van der Waals surface area contributed by atoms with Crippen molar-refractivity contribution in [3.8, 4) is 34.0 Å². The number of aromatic nitrogens is 2. The molecule has 1 aliphatic rings. The van der Waals surface area contributed by atoms with Crippen LogP contribution in [0, 0.1) is 11.6 Å². The van der Waals surface area contributed by atoms with Gasteiger partial charge in [0.1, 0.15) is 23.1 Å². The predicted molar refractivity (Wildman–Crippen MR) is 332 cm³/mol. The van der Waals surface area contributed by atoms with Crippen molar-refractivity contribution in [2.75, 3.05) is 0 Å². The van der Waals surface area contributed by atoms with Crippen LogP contribution in [0.25, 0.3) is 66.1 Å². The third kappa shape index (κ3) is 8.25. The average Bonchev–Trinajstić information content (AvgIpc) is 2.52. The summed E-state index contributed by atoms with van der Waals surface area (Å²) in [6, 6.07) is 99.6. The van der Waals surface area contributed by atoms with Crippen LogP contribution in [0.2, 0.25) is 0 Å². The van der Waals surface area contributed by atoms with Crippen molar-refractivity contribution in [1.82, 2.24) is 9.13 Å². The molecule has 0 bridgehead atoms. The summed E-state index contributed by atoms with van der Waals surface area (Å²) in [5, 5.41) is 8.70. The monoisotopic (exact) mass is 1080 g/mol. The Hall–Kier alpha value is -9.44. The summed E-state index contributed by atoms with van der Waals surface area (Å²) >= 11 is 0. The van der Waals surface area contributed by atoms with E-state index < -0.39 is 21.7 Å². The Morgan fingerprint density at radius 1 is 0.296 bits per heavy atom. The van der Waals surface area contributed by atoms with Gasteiger partial charge in [0.15, 0.2) is 16.3 Å². The maximum Gasteiger partial charge on any atom is 0.150 e. The van der Waals surface area contributed by atoms with Crippen molar-refractivity contribution >= 4 is 81.1 Å². The number of nitrogens with zero attached hydrogens (tertiary/aromatic N) is 2. The molecule has 2 aromatic heterocycles. The molecule has 2 heterocycles. The minimum absolute atomic E-state index is 0.285. The lowest BCUT2D eigenvalue weighted by atomic mass is 9.67. The lowest BCUT2D eigenvalue weighted by Gasteiger charge is -2.35. The minimum Gasteiger partial charge on any atom is -0.464 e. The molecule has 1 aliphatic carbocycles. The lowest BCUT2D eigenvalue weighted by molar-refractivity contribution is 0.622. The topological polar surface area (TPSA) is 28.3 Å². The van der Waals surface area contributed by atoms with Crippen molar-refractivity contribution in [2.24, 2.45) is 0 Å². The Balaban J connectivity index is 1.03. The molecule has 386 valence electrons. The van der Waals surface area contributed by atoms with E-state index in [1.165, 1.54) is 24.3 Å². The van der Waals surface area contributed by atoms with Gasteiger partial charge in [-0.25, -0.2) is 8.78 Å². The first kappa shape index (κ1) is 48.7. The van der Waals surface area contributed by atoms with Gasteiger partial charge in [0.25, 0.3) is 0 Å². The van der Waals surface area contributed by atoms with Crippen molar-refractivity contribution in [1.29, 1.82) is 0 Å². The SMILES string of the molecule is Fc1ccc(-n2c3ccccc3c3cc(C4(c5ccc6c(c5)c5ccccc5n6-c5ccc(F)cc5)c5cc(OP(c6ccccc6)c6ccccc6)ccc5-c5ccc(OP(c6ccccc6)c6ccccc6)cc54)ccc32)cc1. The van der Waals surface area contributed by atoms with Crippen molar-refractivity contribution in [3.63, 3.8) is 0 Å². The summed E-state index contributed by atoms with van der Waals surface area (Å²) in [4.78, 5) is 0. The maximum absolute atomic E-state index is 14.6. The third-order valence-electron chi connectivity index (χ3n) is 15.8. The zero-order valence-electron chi connectivity index (χ0n) is 43.6. The summed E-state index contributed by atoms with van der Waals surface area (Å²) in [5.74, 6) is 0.931. The van der Waals surface area contributed by atoms with E-state index in [4.69, 9.17) is 9.05 Å². The van der Waals surface area contributed by atoms with E-state index in [2.05, 4.69) is 228 Å². The van der Waals surface area contributed by atoms with Crippen LogP contribution in [0.1, 0.15) is 22.3 Å². The molecule has 14 aromatic rings. The first-order chi connectivity index (χ1) is 40.0. The van der Waals surface area contributed by atoms with Crippen LogP contribution in [0.15, 0.2) is 291 Å². The molecule has 0 atom stereocenters. The van der Waals surface area contributed by atoms with Gasteiger partial charge >= 0.3 is 0 Å². The van der Waals surface area contributed by atoms with E-state index in [0.717, 1.165) is 121 Å². The number of para-hydroxylation sites is 2. The normalized spacial score (nSPS) is 12.6. The summed E-state index contributed by atoms with van der Waals surface area (Å²) in [6.07, 6.45) is 0. The first-order valence-electron chi connectivity index (χ1n) is 27.0. The predicted octanol–water partition coefficient (Wildman–Crippen LogP) is 17.4. The number of hydrogen-bond acceptors (Lipinski definition) is 2. The molecule has 81 heavy (non-hydrogen) atoms. The second kappa shape index (κ2) is 20.0. The van der Waals surface area contributed by atoms with Crippen molar-refractivity contribution in [2.45, 2.75) is 5.41 Å². The largest absolute Gasteiger partial charge is 0.464 e. The second-order valence-corrected chi connectivity index (χ2v) is 24.0. The maximum atomic E-state index is 14.6. The van der Waals surface area contributed by atoms with Gasteiger partial charge in [-0.1, -0.05) is 182 Å². The summed E-state index contributed by atoms with van der Waals surface area (Å²) in [6.45, 7) is 0. The van der Waals surface area contributed by atoms with E-state index in [9.17, 15) is 8.78 Å². The van der Waals surface area contributed by atoms with Gasteiger partial charge in [0.05, 0.1) is 27.5 Å². The van der Waals surface area contributed by atoms with Crippen molar-refractivity contribution in [3.05, 3.63) is 325 Å². The van der Waals surface area contributed by atoms with E-state index >= 15 is 0 Å². The standard InChI is InChI=1S/C73H48F2N2O2P2/c74-51-31-35-53(36-32-51)76-69-27-15-13-25-63(69)65-45-49(29-43-71(65)76)73(50-30-44-72-66(46-50)64-26-14-16-28-70(64)77(72)54-37-33-52(75)34-38-54)67-47-55(78-80(57-17-5-1-6-18-57)58-19-7-2-8-20-58)39-41-61(67)62-42-40-56(48-68(62)73)79-81(59-21-9-3-10-22-59)60-23-11-4-12-24-60/h1-48H. The Morgan fingerprint density at radius 3 is 1.00 bits per heavy atom. The lowest BCUT2D eigenvalue weighted by Crippen LogP contribution is -2.29. The summed E-state index contributed by atoms with van der Waals surface area (Å²) in [5.41, 5.74) is 11.2. The number of benzene rings is 12. The van der Waals surface area contributed by atoms with Gasteiger partial charge in [-0.3, -0.25) is 0 Å². The van der Waals surface area contributed by atoms with Gasteiger partial charge in [-0.05, 0) is 143 Å². The molecular weight excluding hydrogens is 1040 g/mol. The highest BCUT2D eigenvalue weighted by Gasteiger charge is 2.48. The molecule has 0 amide bonds. The molecule has 4 nitrogen and oxygen atoms in total. The molecule has 0 saturated carbocycles. The fraction of sp³-hybridized carbons (Fsp3) is 0.0137. The smallest absolute Gasteiger partial charge is 0.150 e. The Bertz CT molecular complexity index is 4290. The molecule has 0 aliphatic heterocycles. The molecule has 0 radical (unpaired) electrons. The Morgan fingerprint density at radius 2 is 0.630 bits per heavy atom. The average molecular weight is 1090 g/mol. The van der Waals surface area contributed by atoms with Crippen LogP contribution in [0.3, 0.4) is 0 Å². The minimum atomic E-state index is -1.29. The molecule has 0 N–H and O–H groups in total. The fourth-order valence-electron chi connectivity index (χ4n) is 12.3. The summed E-state index contributed by atoms with van der Waals surface area (Å²) < 4.78 is 48.5. The van der Waals surface area contributed by atoms with E-state index in [1.54, 1.807) is 0 Å². The fourth-order valence-corrected chi connectivity index (χ4v) is 15.7. The number of halogens is 2. The zero-order chi connectivity index (χ0) is 54.0. The molecule has 0 saturated heterocycles. The highest BCUT2D eigenvalue weighted by atomic mass is 31.1. The van der Waals surface area contributed by atoms with E-state index in [-0.39, 0.29) is 11.6 Å². The van der Waals surface area contributed by atoms with Crippen LogP contribution in [-0.2, 0) is 5.41 Å². The highest BCUT2D eigenvalue weighted by Crippen LogP contribution is 2.59. The van der Waals surface area contributed by atoms with Gasteiger partial charge < -0.3 is 18.2 Å². The molecule has 0 spiro atoms. The Kier molecular flexibility index (Phi) is 12.0. The highest BCUT2D eigenvalue weighted by molar-refractivity contribution is 7.69. The van der Waals surface area contributed by atoms with Crippen LogP contribution in [0.4, 0.5) is 8.78 Å². The molecule has 12 aromatic carbocycles. The quantitative estimate of drug-likeness (QED) is 0.114. The van der Waals surface area contributed by atoms with Crippen LogP contribution in [0.5, 0.6) is 11.5 Å². The van der Waals surface area contributed by atoms with E-state index in [1.807, 2.05) is 48.5 Å². The zero-order valence-corrected chi connectivity index (χ0v) is 45.4. The summed E-state index contributed by atoms with van der Waals surface area (Å²) in [7, 11) is -2.58. The van der Waals surface area contributed by atoms with Crippen LogP contribution in [-0.4, -0.2) is 9.13 Å². The van der Waals surface area contributed by atoms with Gasteiger partial charge in [-0.15, -0.1) is 0 Å². The number of hydrogen-bond donors (Lipinski definition) is 0. The number of rotatable bonds is 12. The van der Waals surface area contributed by atoms with Crippen LogP contribution < -0.4 is 30.3 Å². The number of fused-ring (bicyclic) bond motifs is 9. The molecule has 0 fully saturated rings. The second-order valence-electron chi connectivity index (χ2n) is 20.4. The third-order valence-corrected chi connectivity index (χ3v) is 19.7.